The van der Waals surface area contributed by atoms with Crippen molar-refractivity contribution >= 4 is 17.2 Å². The van der Waals surface area contributed by atoms with E-state index in [9.17, 15) is 9.59 Å². The van der Waals surface area contributed by atoms with Gasteiger partial charge in [-0.3, -0.25) is 14.0 Å². The second kappa shape index (κ2) is 7.89. The van der Waals surface area contributed by atoms with Crippen LogP contribution in [0, 0.1) is 18.3 Å². The molecule has 7 heteroatoms. The second-order valence-corrected chi connectivity index (χ2v) is 6.57. The lowest BCUT2D eigenvalue weighted by atomic mass is 10.1. The zero-order chi connectivity index (χ0) is 21.1. The number of ether oxygens (including phenoxy) is 1. The van der Waals surface area contributed by atoms with E-state index >= 15 is 0 Å². The molecule has 0 spiro atoms. The highest BCUT2D eigenvalue weighted by molar-refractivity contribution is 6.04. The standard InChI is InChI=1S/C23H16N4O3/c1-15-12-18(30-17-7-5-16(13-24)6-8-17)9-10-20(15)26-22(28)19-14-25-21-4-2-3-11-27(21)23(19)29/h2-12,14H,1H3,(H,26,28). The lowest BCUT2D eigenvalue weighted by molar-refractivity contribution is 0.102. The van der Waals surface area contributed by atoms with Crippen LogP contribution in [0.3, 0.4) is 0 Å². The Kier molecular flexibility index (Phi) is 4.97. The summed E-state index contributed by atoms with van der Waals surface area (Å²) < 4.78 is 7.11. The molecule has 0 saturated carbocycles. The molecule has 7 nitrogen and oxygen atoms in total. The quantitative estimate of drug-likeness (QED) is 0.564. The maximum atomic E-state index is 12.6. The highest BCUT2D eigenvalue weighted by Crippen LogP contribution is 2.26. The molecule has 0 unspecified atom stereocenters. The topological polar surface area (TPSA) is 96.5 Å². The Hall–Kier alpha value is -4.44. The first kappa shape index (κ1) is 18.9. The summed E-state index contributed by atoms with van der Waals surface area (Å²) in [4.78, 5) is 29.4. The molecule has 1 amide bonds. The van der Waals surface area contributed by atoms with E-state index in [0.29, 0.717) is 28.4 Å². The number of benzene rings is 2. The van der Waals surface area contributed by atoms with E-state index in [0.717, 1.165) is 5.56 Å². The number of carbonyl (C=O) groups is 1. The molecule has 0 atom stereocenters. The molecule has 0 aliphatic carbocycles. The third kappa shape index (κ3) is 3.75. The minimum Gasteiger partial charge on any atom is -0.457 e. The molecule has 0 saturated heterocycles. The molecule has 2 heterocycles. The van der Waals surface area contributed by atoms with E-state index in [2.05, 4.69) is 16.4 Å². The van der Waals surface area contributed by atoms with E-state index in [-0.39, 0.29) is 5.56 Å². The summed E-state index contributed by atoms with van der Waals surface area (Å²) in [5, 5.41) is 11.6. The SMILES string of the molecule is Cc1cc(Oc2ccc(C#N)cc2)ccc1NC(=O)c1cnc2ccccn2c1=O. The van der Waals surface area contributed by atoms with Crippen molar-refractivity contribution in [2.75, 3.05) is 5.32 Å². The summed E-state index contributed by atoms with van der Waals surface area (Å²) >= 11 is 0. The number of amides is 1. The molecule has 0 bridgehead atoms. The summed E-state index contributed by atoms with van der Waals surface area (Å²) in [7, 11) is 0. The third-order valence-electron chi connectivity index (χ3n) is 4.52. The predicted octanol–water partition coefficient (Wildman–Crippen LogP) is 3.92. The van der Waals surface area contributed by atoms with Gasteiger partial charge < -0.3 is 10.1 Å². The number of anilines is 1. The summed E-state index contributed by atoms with van der Waals surface area (Å²) in [6.07, 6.45) is 2.85. The van der Waals surface area contributed by atoms with Crippen molar-refractivity contribution in [1.82, 2.24) is 9.38 Å². The largest absolute Gasteiger partial charge is 0.457 e. The van der Waals surface area contributed by atoms with E-state index in [1.165, 1.54) is 10.6 Å². The summed E-state index contributed by atoms with van der Waals surface area (Å²) in [6.45, 7) is 1.83. The number of hydrogen-bond donors (Lipinski definition) is 1. The molecule has 0 aliphatic rings. The van der Waals surface area contributed by atoms with Gasteiger partial charge in [-0.1, -0.05) is 6.07 Å². The van der Waals surface area contributed by atoms with E-state index in [4.69, 9.17) is 10.00 Å². The lowest BCUT2D eigenvalue weighted by Crippen LogP contribution is -2.26. The molecule has 0 fully saturated rings. The number of aryl methyl sites for hydroxylation is 1. The van der Waals surface area contributed by atoms with Crippen molar-refractivity contribution in [3.8, 4) is 17.6 Å². The second-order valence-electron chi connectivity index (χ2n) is 6.57. The molecule has 1 N–H and O–H groups in total. The molecule has 4 rings (SSSR count). The minimum absolute atomic E-state index is 0.0454. The fourth-order valence-corrected chi connectivity index (χ4v) is 2.95. The molecular formula is C23H16N4O3. The number of aromatic nitrogens is 2. The smallest absolute Gasteiger partial charge is 0.270 e. The van der Waals surface area contributed by atoms with Crippen LogP contribution < -0.4 is 15.6 Å². The normalized spacial score (nSPS) is 10.4. The van der Waals surface area contributed by atoms with Gasteiger partial charge in [0.2, 0.25) is 0 Å². The maximum absolute atomic E-state index is 12.6. The number of nitrogens with one attached hydrogen (secondary N) is 1. The third-order valence-corrected chi connectivity index (χ3v) is 4.52. The molecular weight excluding hydrogens is 380 g/mol. The molecule has 2 aromatic carbocycles. The van der Waals surface area contributed by atoms with Gasteiger partial charge >= 0.3 is 0 Å². The van der Waals surface area contributed by atoms with Crippen LogP contribution in [-0.2, 0) is 0 Å². The van der Waals surface area contributed by atoms with Crippen molar-refractivity contribution in [2.45, 2.75) is 6.92 Å². The van der Waals surface area contributed by atoms with Gasteiger partial charge in [-0.25, -0.2) is 4.98 Å². The Labute approximate surface area is 171 Å². The fraction of sp³-hybridized carbons (Fsp3) is 0.0435. The van der Waals surface area contributed by atoms with Crippen LogP contribution in [0.15, 0.2) is 77.9 Å². The van der Waals surface area contributed by atoms with Gasteiger partial charge in [-0.15, -0.1) is 0 Å². The average molecular weight is 396 g/mol. The van der Waals surface area contributed by atoms with Gasteiger partial charge in [-0.2, -0.15) is 5.26 Å². The summed E-state index contributed by atoms with van der Waals surface area (Å²) in [5.41, 5.74) is 1.87. The Morgan fingerprint density at radius 1 is 1.10 bits per heavy atom. The van der Waals surface area contributed by atoms with Crippen molar-refractivity contribution < 1.29 is 9.53 Å². The number of carbonyl (C=O) groups excluding carboxylic acids is 1. The van der Waals surface area contributed by atoms with Crippen molar-refractivity contribution in [3.05, 3.63) is 100 Å². The number of nitriles is 1. The molecule has 146 valence electrons. The van der Waals surface area contributed by atoms with Gasteiger partial charge in [0.05, 0.1) is 11.6 Å². The monoisotopic (exact) mass is 396 g/mol. The zero-order valence-electron chi connectivity index (χ0n) is 16.0. The molecule has 30 heavy (non-hydrogen) atoms. The highest BCUT2D eigenvalue weighted by atomic mass is 16.5. The van der Waals surface area contributed by atoms with Gasteiger partial charge in [0, 0.05) is 18.1 Å². The fourth-order valence-electron chi connectivity index (χ4n) is 2.95. The maximum Gasteiger partial charge on any atom is 0.270 e. The van der Waals surface area contributed by atoms with Crippen LogP contribution >= 0.6 is 0 Å². The summed E-state index contributed by atoms with van der Waals surface area (Å²) in [5.74, 6) is 0.651. The van der Waals surface area contributed by atoms with Crippen LogP contribution in [0.4, 0.5) is 5.69 Å². The van der Waals surface area contributed by atoms with Crippen LogP contribution in [0.2, 0.25) is 0 Å². The number of rotatable bonds is 4. The number of fused-ring (bicyclic) bond motifs is 1. The van der Waals surface area contributed by atoms with Crippen molar-refractivity contribution in [3.63, 3.8) is 0 Å². The van der Waals surface area contributed by atoms with Crippen LogP contribution in [0.1, 0.15) is 21.5 Å². The minimum atomic E-state index is -0.533. The van der Waals surface area contributed by atoms with Crippen molar-refractivity contribution in [1.29, 1.82) is 5.26 Å². The van der Waals surface area contributed by atoms with Gasteiger partial charge in [0.25, 0.3) is 11.5 Å². The lowest BCUT2D eigenvalue weighted by Gasteiger charge is -2.11. The summed E-state index contributed by atoms with van der Waals surface area (Å²) in [6, 6.07) is 19.2. The average Bonchev–Trinajstić information content (AvgIpc) is 2.76. The molecule has 0 radical (unpaired) electrons. The number of nitrogens with zero attached hydrogens (tertiary/aromatic N) is 3. The first-order chi connectivity index (χ1) is 14.5. The Balaban J connectivity index is 1.53. The first-order valence-electron chi connectivity index (χ1n) is 9.11. The van der Waals surface area contributed by atoms with E-state index < -0.39 is 11.5 Å². The zero-order valence-corrected chi connectivity index (χ0v) is 16.0. The van der Waals surface area contributed by atoms with E-state index in [1.54, 1.807) is 66.9 Å². The molecule has 4 aromatic rings. The van der Waals surface area contributed by atoms with Crippen molar-refractivity contribution in [2.24, 2.45) is 0 Å². The Bertz CT molecular complexity index is 1350. The van der Waals surface area contributed by atoms with Crippen LogP contribution in [0.5, 0.6) is 11.5 Å². The molecule has 2 aromatic heterocycles. The Morgan fingerprint density at radius 3 is 2.60 bits per heavy atom. The van der Waals surface area contributed by atoms with Crippen LogP contribution in [-0.4, -0.2) is 15.3 Å². The Morgan fingerprint density at radius 2 is 1.87 bits per heavy atom. The van der Waals surface area contributed by atoms with Crippen LogP contribution in [0.25, 0.3) is 5.65 Å². The number of hydrogen-bond acceptors (Lipinski definition) is 5. The molecule has 0 aliphatic heterocycles. The first-order valence-corrected chi connectivity index (χ1v) is 9.11. The number of pyridine rings is 1. The van der Waals surface area contributed by atoms with E-state index in [1.807, 2.05) is 6.92 Å². The van der Waals surface area contributed by atoms with Gasteiger partial charge in [0.15, 0.2) is 0 Å². The van der Waals surface area contributed by atoms with Gasteiger partial charge in [-0.05, 0) is 67.1 Å². The predicted molar refractivity (Wildman–Crippen MR) is 112 cm³/mol. The van der Waals surface area contributed by atoms with Gasteiger partial charge in [0.1, 0.15) is 22.7 Å². The highest BCUT2D eigenvalue weighted by Gasteiger charge is 2.14.